The first-order chi connectivity index (χ1) is 18.8. The minimum absolute atomic E-state index is 0.0233. The van der Waals surface area contributed by atoms with E-state index in [-0.39, 0.29) is 69.6 Å². The van der Waals surface area contributed by atoms with Gasteiger partial charge in [-0.15, -0.1) is 0 Å². The molecular formula is C34H50O7. The molecule has 4 fully saturated rings. The van der Waals surface area contributed by atoms with Crippen molar-refractivity contribution < 1.29 is 34.1 Å². The molecule has 5 rings (SSSR count). The van der Waals surface area contributed by atoms with Crippen LogP contribution in [0.15, 0.2) is 11.6 Å². The fraction of sp³-hybridized carbons (Fsp3) is 0.824. The summed E-state index contributed by atoms with van der Waals surface area (Å²) in [5.41, 5.74) is -0.553. The maximum absolute atomic E-state index is 14.5. The first kappa shape index (κ1) is 30.3. The van der Waals surface area contributed by atoms with Crippen molar-refractivity contribution in [2.45, 2.75) is 125 Å². The Morgan fingerprint density at radius 2 is 1.54 bits per heavy atom. The number of carboxylic acid groups (broad SMARTS) is 2. The molecule has 41 heavy (non-hydrogen) atoms. The molecule has 0 aromatic heterocycles. The second-order valence-corrected chi connectivity index (χ2v) is 16.3. The maximum Gasteiger partial charge on any atom is 0.309 e. The minimum atomic E-state index is -1.01. The Bertz CT molecular complexity index is 1200. The minimum Gasteiger partial charge on any atom is -0.481 e. The van der Waals surface area contributed by atoms with Crippen molar-refractivity contribution in [3.8, 4) is 0 Å². The van der Waals surface area contributed by atoms with Gasteiger partial charge >= 0.3 is 17.9 Å². The molecule has 7 heteroatoms. The average molecular weight is 571 g/mol. The summed E-state index contributed by atoms with van der Waals surface area (Å²) in [6.07, 6.45) is 8.80. The Kier molecular flexibility index (Phi) is 6.95. The number of carbonyl (C=O) groups excluding carboxylic acids is 2. The van der Waals surface area contributed by atoms with Crippen LogP contribution >= 0.6 is 0 Å². The van der Waals surface area contributed by atoms with Crippen LogP contribution in [-0.2, 0) is 23.9 Å². The van der Waals surface area contributed by atoms with Crippen LogP contribution in [0.3, 0.4) is 0 Å². The maximum atomic E-state index is 14.5. The molecule has 0 bridgehead atoms. The molecule has 0 unspecified atom stereocenters. The quantitative estimate of drug-likeness (QED) is 0.348. The SMILES string of the molecule is CC1(C)[C@@H](OC(=O)CCC(=O)O)CC[C@]2(C)[C@H]3C(=O)C=C4[C@H]5C[C@@](C)(C(=O)O)CC[C@]5(C)CC[C@]4(C)[C@@]3(C)CC[C@@H]12. The molecule has 0 aliphatic heterocycles. The number of esters is 1. The van der Waals surface area contributed by atoms with Gasteiger partial charge in [-0.1, -0.05) is 47.1 Å². The van der Waals surface area contributed by atoms with Gasteiger partial charge in [0.25, 0.3) is 0 Å². The molecule has 0 heterocycles. The third-order valence-electron chi connectivity index (χ3n) is 13.8. The van der Waals surface area contributed by atoms with Crippen molar-refractivity contribution in [3.63, 3.8) is 0 Å². The number of rotatable bonds is 5. The number of hydrogen-bond acceptors (Lipinski definition) is 5. The van der Waals surface area contributed by atoms with E-state index in [0.29, 0.717) is 19.3 Å². The van der Waals surface area contributed by atoms with E-state index in [4.69, 9.17) is 9.84 Å². The zero-order valence-corrected chi connectivity index (χ0v) is 26.1. The second kappa shape index (κ2) is 9.41. The van der Waals surface area contributed by atoms with Gasteiger partial charge in [-0.05, 0) is 104 Å². The fourth-order valence-electron chi connectivity index (χ4n) is 11.0. The Morgan fingerprint density at radius 3 is 2.17 bits per heavy atom. The number of ketones is 1. The number of aliphatic carboxylic acids is 2. The standard InChI is InChI=1S/C34H50O7/c1-29(2)23-10-13-34(7)27(32(23,5)12-11-24(29)41-26(38)9-8-25(36)37)22(35)18-20-21-19-31(4,28(39)40)15-14-30(21,3)16-17-33(20,34)6/h18,21,23-24,27H,8-17,19H2,1-7H3,(H,36,37)(H,39,40)/t21-,23+,24+,27-,30-,31+,32+,33+,34+/m1/s1. The van der Waals surface area contributed by atoms with E-state index in [0.717, 1.165) is 38.5 Å². The van der Waals surface area contributed by atoms with Crippen LogP contribution in [0.4, 0.5) is 0 Å². The summed E-state index contributed by atoms with van der Waals surface area (Å²) in [6.45, 7) is 15.5. The molecule has 0 amide bonds. The molecule has 5 aliphatic carbocycles. The zero-order chi connectivity index (χ0) is 30.4. The number of allylic oxidation sites excluding steroid dienone is 2. The molecule has 2 N–H and O–H groups in total. The van der Waals surface area contributed by atoms with E-state index in [2.05, 4.69) is 41.5 Å². The number of hydrogen-bond donors (Lipinski definition) is 2. The molecule has 7 nitrogen and oxygen atoms in total. The van der Waals surface area contributed by atoms with E-state index in [1.54, 1.807) is 0 Å². The second-order valence-electron chi connectivity index (χ2n) is 16.3. The van der Waals surface area contributed by atoms with E-state index in [1.165, 1.54) is 5.57 Å². The lowest BCUT2D eigenvalue weighted by atomic mass is 9.33. The van der Waals surface area contributed by atoms with E-state index < -0.39 is 23.3 Å². The van der Waals surface area contributed by atoms with Gasteiger partial charge in [-0.25, -0.2) is 0 Å². The third-order valence-corrected chi connectivity index (χ3v) is 13.8. The third kappa shape index (κ3) is 4.25. The summed E-state index contributed by atoms with van der Waals surface area (Å²) < 4.78 is 5.91. The normalized spacial score (nSPS) is 46.6. The van der Waals surface area contributed by atoms with Crippen LogP contribution in [0, 0.1) is 50.2 Å². The lowest BCUT2D eigenvalue weighted by molar-refractivity contribution is -0.211. The van der Waals surface area contributed by atoms with Gasteiger partial charge in [0.05, 0.1) is 18.3 Å². The molecule has 0 spiro atoms. The van der Waals surface area contributed by atoms with Crippen LogP contribution < -0.4 is 0 Å². The molecular weight excluding hydrogens is 520 g/mol. The van der Waals surface area contributed by atoms with Crippen LogP contribution in [0.2, 0.25) is 0 Å². The predicted octanol–water partition coefficient (Wildman–Crippen LogP) is 6.83. The Balaban J connectivity index is 1.49. The highest BCUT2D eigenvalue weighted by molar-refractivity contribution is 5.95. The average Bonchev–Trinajstić information content (AvgIpc) is 2.86. The van der Waals surface area contributed by atoms with Crippen molar-refractivity contribution in [2.24, 2.45) is 50.2 Å². The summed E-state index contributed by atoms with van der Waals surface area (Å²) in [5, 5.41) is 19.1. The lowest BCUT2D eigenvalue weighted by Crippen LogP contribution is -2.66. The molecule has 0 aromatic carbocycles. The van der Waals surface area contributed by atoms with Crippen LogP contribution in [0.5, 0.6) is 0 Å². The summed E-state index contributed by atoms with van der Waals surface area (Å²) in [5.74, 6) is -1.87. The molecule has 228 valence electrons. The lowest BCUT2D eigenvalue weighted by Gasteiger charge is -2.70. The van der Waals surface area contributed by atoms with E-state index in [1.807, 2.05) is 13.0 Å². The van der Waals surface area contributed by atoms with Crippen LogP contribution in [-0.4, -0.2) is 40.0 Å². The first-order valence-electron chi connectivity index (χ1n) is 15.7. The van der Waals surface area contributed by atoms with Crippen molar-refractivity contribution in [1.29, 1.82) is 0 Å². The highest BCUT2D eigenvalue weighted by atomic mass is 16.5. The Hall–Kier alpha value is -2.18. The monoisotopic (exact) mass is 570 g/mol. The highest BCUT2D eigenvalue weighted by Gasteiger charge is 2.70. The molecule has 0 aromatic rings. The van der Waals surface area contributed by atoms with E-state index >= 15 is 0 Å². The molecule has 0 saturated heterocycles. The zero-order valence-electron chi connectivity index (χ0n) is 26.1. The predicted molar refractivity (Wildman–Crippen MR) is 154 cm³/mol. The Morgan fingerprint density at radius 1 is 0.878 bits per heavy atom. The summed E-state index contributed by atoms with van der Waals surface area (Å²) in [6, 6.07) is 0. The topological polar surface area (TPSA) is 118 Å². The number of carboxylic acids is 2. The molecule has 4 saturated carbocycles. The van der Waals surface area contributed by atoms with Gasteiger partial charge in [0.1, 0.15) is 6.10 Å². The Labute approximate surface area is 244 Å². The number of ether oxygens (including phenoxy) is 1. The number of fused-ring (bicyclic) bond motifs is 7. The summed E-state index contributed by atoms with van der Waals surface area (Å²) in [7, 11) is 0. The number of carbonyl (C=O) groups is 4. The van der Waals surface area contributed by atoms with Crippen LogP contribution in [0.1, 0.15) is 119 Å². The summed E-state index contributed by atoms with van der Waals surface area (Å²) >= 11 is 0. The van der Waals surface area contributed by atoms with Crippen molar-refractivity contribution in [1.82, 2.24) is 0 Å². The summed E-state index contributed by atoms with van der Waals surface area (Å²) in [4.78, 5) is 50.3. The van der Waals surface area contributed by atoms with Crippen molar-refractivity contribution >= 4 is 23.7 Å². The molecule has 0 radical (unpaired) electrons. The van der Waals surface area contributed by atoms with Gasteiger partial charge in [0.2, 0.25) is 0 Å². The largest absolute Gasteiger partial charge is 0.481 e. The smallest absolute Gasteiger partial charge is 0.309 e. The molecule has 5 aliphatic rings. The van der Waals surface area contributed by atoms with Gasteiger partial charge in [-0.3, -0.25) is 19.2 Å². The van der Waals surface area contributed by atoms with Crippen molar-refractivity contribution in [3.05, 3.63) is 11.6 Å². The molecule has 9 atom stereocenters. The van der Waals surface area contributed by atoms with Gasteiger partial charge < -0.3 is 14.9 Å². The van der Waals surface area contributed by atoms with E-state index in [9.17, 15) is 24.3 Å². The van der Waals surface area contributed by atoms with Gasteiger partial charge in [0.15, 0.2) is 5.78 Å². The van der Waals surface area contributed by atoms with Crippen molar-refractivity contribution in [2.75, 3.05) is 0 Å². The fourth-order valence-corrected chi connectivity index (χ4v) is 11.0. The van der Waals surface area contributed by atoms with Gasteiger partial charge in [0, 0.05) is 11.3 Å². The van der Waals surface area contributed by atoms with Gasteiger partial charge in [-0.2, -0.15) is 0 Å². The highest BCUT2D eigenvalue weighted by Crippen LogP contribution is 2.75. The van der Waals surface area contributed by atoms with Crippen LogP contribution in [0.25, 0.3) is 0 Å². The first-order valence-corrected chi connectivity index (χ1v) is 15.7.